The molecule has 0 fully saturated rings. The van der Waals surface area contributed by atoms with Crippen molar-refractivity contribution >= 4 is 28.8 Å². The van der Waals surface area contributed by atoms with E-state index in [-0.39, 0.29) is 5.91 Å². The third kappa shape index (κ3) is 3.94. The summed E-state index contributed by atoms with van der Waals surface area (Å²) in [4.78, 5) is 15.2. The zero-order valence-corrected chi connectivity index (χ0v) is 12.8. The summed E-state index contributed by atoms with van der Waals surface area (Å²) in [5.41, 5.74) is 1.09. The van der Waals surface area contributed by atoms with Gasteiger partial charge in [-0.3, -0.25) is 4.79 Å². The summed E-state index contributed by atoms with van der Waals surface area (Å²) in [5.74, 6) is -0.0936. The second-order valence-electron chi connectivity index (χ2n) is 4.37. The second kappa shape index (κ2) is 7.07. The average Bonchev–Trinajstić information content (AvgIpc) is 2.91. The van der Waals surface area contributed by atoms with Gasteiger partial charge < -0.3 is 4.90 Å². The third-order valence-corrected chi connectivity index (χ3v) is 4.09. The van der Waals surface area contributed by atoms with Crippen LogP contribution in [0.5, 0.6) is 0 Å². The molecule has 3 nitrogen and oxygen atoms in total. The summed E-state index contributed by atoms with van der Waals surface area (Å²) in [6.45, 7) is 4.63. The van der Waals surface area contributed by atoms with E-state index in [1.165, 1.54) is 11.3 Å². The monoisotopic (exact) mass is 316 g/mol. The predicted molar refractivity (Wildman–Crippen MR) is 85.4 cm³/mol. The lowest BCUT2D eigenvalue weighted by Gasteiger charge is -2.20. The molecule has 0 saturated carbocycles. The van der Waals surface area contributed by atoms with Crippen LogP contribution in [0.2, 0.25) is 4.34 Å². The highest BCUT2D eigenvalue weighted by Crippen LogP contribution is 2.23. The fraction of sp³-hybridized carbons (Fsp3) is 0.125. The number of benzene rings is 1. The maximum absolute atomic E-state index is 12.5. The van der Waals surface area contributed by atoms with Gasteiger partial charge in [0.25, 0.3) is 5.91 Å². The van der Waals surface area contributed by atoms with Crippen molar-refractivity contribution in [3.63, 3.8) is 0 Å². The number of rotatable bonds is 5. The molecule has 0 saturated heterocycles. The van der Waals surface area contributed by atoms with Gasteiger partial charge >= 0.3 is 0 Å². The fourth-order valence-corrected chi connectivity index (χ4v) is 2.97. The van der Waals surface area contributed by atoms with Crippen molar-refractivity contribution in [1.82, 2.24) is 4.90 Å². The van der Waals surface area contributed by atoms with Gasteiger partial charge in [-0.25, -0.2) is 0 Å². The molecule has 0 N–H and O–H groups in total. The highest BCUT2D eigenvalue weighted by molar-refractivity contribution is 7.16. The van der Waals surface area contributed by atoms with Crippen molar-refractivity contribution in [2.24, 2.45) is 0 Å². The Morgan fingerprint density at radius 1 is 1.33 bits per heavy atom. The van der Waals surface area contributed by atoms with Gasteiger partial charge in [-0.2, -0.15) is 5.26 Å². The molecule has 2 rings (SSSR count). The van der Waals surface area contributed by atoms with Crippen LogP contribution in [-0.4, -0.2) is 17.4 Å². The van der Waals surface area contributed by atoms with E-state index in [1.54, 1.807) is 35.2 Å². The van der Waals surface area contributed by atoms with E-state index in [0.29, 0.717) is 28.6 Å². The van der Waals surface area contributed by atoms with Gasteiger partial charge in [-0.05, 0) is 36.4 Å². The number of nitrogens with zero attached hydrogens (tertiary/aromatic N) is 2. The number of carbonyl (C=O) groups is 1. The Balaban J connectivity index is 2.18. The SMILES string of the molecule is C=CCN(Cc1ccc(Cl)s1)C(=O)c1ccc(C#N)cc1. The number of carbonyl (C=O) groups excluding carboxylic acids is 1. The lowest BCUT2D eigenvalue weighted by Crippen LogP contribution is -2.30. The molecule has 0 unspecified atom stereocenters. The Hall–Kier alpha value is -2.09. The van der Waals surface area contributed by atoms with E-state index < -0.39 is 0 Å². The summed E-state index contributed by atoms with van der Waals surface area (Å²) in [5, 5.41) is 8.79. The molecule has 1 amide bonds. The van der Waals surface area contributed by atoms with Gasteiger partial charge in [0.15, 0.2) is 0 Å². The van der Waals surface area contributed by atoms with Crippen molar-refractivity contribution in [2.75, 3.05) is 6.54 Å². The minimum absolute atomic E-state index is 0.0936. The average molecular weight is 317 g/mol. The van der Waals surface area contributed by atoms with Crippen molar-refractivity contribution < 1.29 is 4.79 Å². The van der Waals surface area contributed by atoms with Crippen LogP contribution in [-0.2, 0) is 6.54 Å². The summed E-state index contributed by atoms with van der Waals surface area (Å²) in [6.07, 6.45) is 1.69. The highest BCUT2D eigenvalue weighted by atomic mass is 35.5. The first-order chi connectivity index (χ1) is 10.1. The number of amides is 1. The van der Waals surface area contributed by atoms with Gasteiger partial charge in [0.2, 0.25) is 0 Å². The molecule has 0 aliphatic heterocycles. The lowest BCUT2D eigenvalue weighted by molar-refractivity contribution is 0.0764. The molecule has 2 aromatic rings. The number of hydrogen-bond acceptors (Lipinski definition) is 3. The second-order valence-corrected chi connectivity index (χ2v) is 6.17. The van der Waals surface area contributed by atoms with Crippen LogP contribution in [0.3, 0.4) is 0 Å². The van der Waals surface area contributed by atoms with Crippen LogP contribution in [0, 0.1) is 11.3 Å². The first kappa shape index (κ1) is 15.3. The molecule has 0 aliphatic carbocycles. The van der Waals surface area contributed by atoms with E-state index in [0.717, 1.165) is 4.88 Å². The zero-order valence-electron chi connectivity index (χ0n) is 11.3. The minimum Gasteiger partial charge on any atom is -0.330 e. The Morgan fingerprint density at radius 3 is 2.57 bits per heavy atom. The number of halogens is 1. The van der Waals surface area contributed by atoms with Gasteiger partial charge in [-0.1, -0.05) is 17.7 Å². The summed E-state index contributed by atoms with van der Waals surface area (Å²) in [6, 6.07) is 12.4. The molecular formula is C16H13ClN2OS. The predicted octanol–water partition coefficient (Wildman–Crippen LogP) is 4.10. The molecule has 0 spiro atoms. The normalized spacial score (nSPS) is 9.90. The fourth-order valence-electron chi connectivity index (χ4n) is 1.87. The third-order valence-electron chi connectivity index (χ3n) is 2.87. The Labute approximate surface area is 132 Å². The first-order valence-corrected chi connectivity index (χ1v) is 7.48. The van der Waals surface area contributed by atoms with E-state index in [4.69, 9.17) is 16.9 Å². The molecule has 0 atom stereocenters. The van der Waals surface area contributed by atoms with E-state index in [2.05, 4.69) is 6.58 Å². The van der Waals surface area contributed by atoms with Crippen molar-refractivity contribution in [3.8, 4) is 6.07 Å². The molecule has 0 aliphatic rings. The topological polar surface area (TPSA) is 44.1 Å². The molecular weight excluding hydrogens is 304 g/mol. The molecule has 0 bridgehead atoms. The molecule has 106 valence electrons. The first-order valence-electron chi connectivity index (χ1n) is 6.28. The molecule has 1 aromatic heterocycles. The van der Waals surface area contributed by atoms with Crippen molar-refractivity contribution in [2.45, 2.75) is 6.54 Å². The van der Waals surface area contributed by atoms with Gasteiger partial charge in [0, 0.05) is 17.0 Å². The van der Waals surface area contributed by atoms with Gasteiger partial charge in [0.05, 0.1) is 22.5 Å². The van der Waals surface area contributed by atoms with Crippen LogP contribution >= 0.6 is 22.9 Å². The van der Waals surface area contributed by atoms with Gasteiger partial charge in [0.1, 0.15) is 0 Å². The van der Waals surface area contributed by atoms with E-state index >= 15 is 0 Å². The largest absolute Gasteiger partial charge is 0.330 e. The minimum atomic E-state index is -0.0936. The smallest absolute Gasteiger partial charge is 0.254 e. The summed E-state index contributed by atoms with van der Waals surface area (Å²) >= 11 is 7.37. The zero-order chi connectivity index (χ0) is 15.2. The van der Waals surface area contributed by atoms with Crippen LogP contribution in [0.25, 0.3) is 0 Å². The van der Waals surface area contributed by atoms with Crippen LogP contribution in [0.1, 0.15) is 20.8 Å². The Bertz CT molecular complexity index is 685. The van der Waals surface area contributed by atoms with Crippen LogP contribution < -0.4 is 0 Å². The lowest BCUT2D eigenvalue weighted by atomic mass is 10.1. The Kier molecular flexibility index (Phi) is 5.15. The number of nitriles is 1. The van der Waals surface area contributed by atoms with E-state index in [1.807, 2.05) is 18.2 Å². The molecule has 1 aromatic carbocycles. The standard InChI is InChI=1S/C16H13ClN2OS/c1-2-9-19(11-14-7-8-15(17)21-14)16(20)13-5-3-12(10-18)4-6-13/h2-8H,1,9,11H2. The summed E-state index contributed by atoms with van der Waals surface area (Å²) < 4.78 is 0.703. The molecule has 21 heavy (non-hydrogen) atoms. The number of thiophene rings is 1. The van der Waals surface area contributed by atoms with Crippen LogP contribution in [0.15, 0.2) is 49.1 Å². The molecule has 5 heteroatoms. The molecule has 1 heterocycles. The van der Waals surface area contributed by atoms with Crippen LogP contribution in [0.4, 0.5) is 0 Å². The summed E-state index contributed by atoms with van der Waals surface area (Å²) in [7, 11) is 0. The van der Waals surface area contributed by atoms with E-state index in [9.17, 15) is 4.79 Å². The maximum atomic E-state index is 12.5. The van der Waals surface area contributed by atoms with Gasteiger partial charge in [-0.15, -0.1) is 17.9 Å². The maximum Gasteiger partial charge on any atom is 0.254 e. The highest BCUT2D eigenvalue weighted by Gasteiger charge is 2.15. The quantitative estimate of drug-likeness (QED) is 0.779. The molecule has 0 radical (unpaired) electrons. The number of hydrogen-bond donors (Lipinski definition) is 0. The Morgan fingerprint density at radius 2 is 2.05 bits per heavy atom. The van der Waals surface area contributed by atoms with Crippen molar-refractivity contribution in [3.05, 3.63) is 69.4 Å². The van der Waals surface area contributed by atoms with Crippen molar-refractivity contribution in [1.29, 1.82) is 5.26 Å².